The van der Waals surface area contributed by atoms with Gasteiger partial charge in [-0.2, -0.15) is 0 Å². The average molecular weight is 298 g/mol. The number of rotatable bonds is 4. The molecule has 0 bridgehead atoms. The van der Waals surface area contributed by atoms with Gasteiger partial charge in [-0.15, -0.1) is 12.4 Å². The van der Waals surface area contributed by atoms with Crippen LogP contribution in [-0.2, 0) is 0 Å². The molecule has 1 aromatic carbocycles. The van der Waals surface area contributed by atoms with Gasteiger partial charge in [0.05, 0.1) is 0 Å². The van der Waals surface area contributed by atoms with Crippen LogP contribution in [0.15, 0.2) is 22.7 Å². The van der Waals surface area contributed by atoms with E-state index in [0.717, 1.165) is 10.9 Å². The molecule has 0 aliphatic carbocycles. The lowest BCUT2D eigenvalue weighted by Gasteiger charge is -2.12. The van der Waals surface area contributed by atoms with Crippen molar-refractivity contribution in [2.75, 3.05) is 6.54 Å². The number of halogens is 3. The Kier molecular flexibility index (Phi) is 7.09. The molecule has 1 aromatic rings. The maximum absolute atomic E-state index is 13.3. The quantitative estimate of drug-likeness (QED) is 0.898. The molecule has 86 valence electrons. The largest absolute Gasteiger partial charge is 0.330 e. The SMILES string of the molecule is Cl.NCCC[C@H](N)c1cc(Br)ccc1F. The first-order valence-electron chi connectivity index (χ1n) is 4.55. The highest BCUT2D eigenvalue weighted by molar-refractivity contribution is 9.10. The molecule has 0 radical (unpaired) electrons. The van der Waals surface area contributed by atoms with E-state index in [1.165, 1.54) is 6.07 Å². The van der Waals surface area contributed by atoms with Crippen molar-refractivity contribution in [3.05, 3.63) is 34.1 Å². The Morgan fingerprint density at radius 2 is 2.07 bits per heavy atom. The van der Waals surface area contributed by atoms with Gasteiger partial charge < -0.3 is 11.5 Å². The number of hydrogen-bond donors (Lipinski definition) is 2. The second kappa shape index (κ2) is 7.17. The molecule has 15 heavy (non-hydrogen) atoms. The molecular formula is C10H15BrClFN2. The minimum absolute atomic E-state index is 0. The third-order valence-corrected chi connectivity index (χ3v) is 2.57. The van der Waals surface area contributed by atoms with Crippen molar-refractivity contribution >= 4 is 28.3 Å². The summed E-state index contributed by atoms with van der Waals surface area (Å²) in [6.07, 6.45) is 1.52. The summed E-state index contributed by atoms with van der Waals surface area (Å²) in [7, 11) is 0. The monoisotopic (exact) mass is 296 g/mol. The van der Waals surface area contributed by atoms with E-state index >= 15 is 0 Å². The van der Waals surface area contributed by atoms with Gasteiger partial charge in [0.2, 0.25) is 0 Å². The highest BCUT2D eigenvalue weighted by Gasteiger charge is 2.10. The Labute approximate surface area is 104 Å². The Balaban J connectivity index is 0.00000196. The Morgan fingerprint density at radius 3 is 2.67 bits per heavy atom. The van der Waals surface area contributed by atoms with Gasteiger partial charge in [0.15, 0.2) is 0 Å². The normalized spacial score (nSPS) is 12.0. The van der Waals surface area contributed by atoms with Crippen molar-refractivity contribution in [3.63, 3.8) is 0 Å². The molecule has 0 aromatic heterocycles. The third kappa shape index (κ3) is 4.47. The smallest absolute Gasteiger partial charge is 0.128 e. The summed E-state index contributed by atoms with van der Waals surface area (Å²) in [6, 6.07) is 4.53. The Bertz CT molecular complexity index is 309. The van der Waals surface area contributed by atoms with E-state index in [2.05, 4.69) is 15.9 Å². The summed E-state index contributed by atoms with van der Waals surface area (Å²) in [4.78, 5) is 0. The number of nitrogens with two attached hydrogens (primary N) is 2. The predicted octanol–water partition coefficient (Wildman–Crippen LogP) is 2.75. The molecule has 1 rings (SSSR count). The summed E-state index contributed by atoms with van der Waals surface area (Å²) >= 11 is 3.29. The second-order valence-electron chi connectivity index (χ2n) is 3.20. The summed E-state index contributed by atoms with van der Waals surface area (Å²) < 4.78 is 14.2. The first-order valence-corrected chi connectivity index (χ1v) is 5.35. The van der Waals surface area contributed by atoms with Crippen molar-refractivity contribution in [1.82, 2.24) is 0 Å². The van der Waals surface area contributed by atoms with E-state index in [9.17, 15) is 4.39 Å². The fourth-order valence-corrected chi connectivity index (χ4v) is 1.67. The van der Waals surface area contributed by atoms with Crippen molar-refractivity contribution in [1.29, 1.82) is 0 Å². The van der Waals surface area contributed by atoms with Gasteiger partial charge in [-0.1, -0.05) is 15.9 Å². The van der Waals surface area contributed by atoms with Crippen molar-refractivity contribution in [2.45, 2.75) is 18.9 Å². The minimum Gasteiger partial charge on any atom is -0.330 e. The standard InChI is InChI=1S/C10H14BrFN2.ClH/c11-7-3-4-9(12)8(6-7)10(14)2-1-5-13;/h3-4,6,10H,1-2,5,13-14H2;1H/t10-;/m0./s1. The highest BCUT2D eigenvalue weighted by Crippen LogP contribution is 2.22. The zero-order valence-corrected chi connectivity index (χ0v) is 10.7. The molecule has 0 amide bonds. The maximum Gasteiger partial charge on any atom is 0.128 e. The number of hydrogen-bond acceptors (Lipinski definition) is 2. The lowest BCUT2D eigenvalue weighted by atomic mass is 10.0. The van der Waals surface area contributed by atoms with Crippen LogP contribution < -0.4 is 11.5 Å². The van der Waals surface area contributed by atoms with Gasteiger partial charge in [0, 0.05) is 16.1 Å². The summed E-state index contributed by atoms with van der Waals surface area (Å²) in [5.41, 5.74) is 11.7. The van der Waals surface area contributed by atoms with Crippen LogP contribution in [0.2, 0.25) is 0 Å². The summed E-state index contributed by atoms with van der Waals surface area (Å²) in [5, 5.41) is 0. The van der Waals surface area contributed by atoms with Crippen LogP contribution in [0, 0.1) is 5.82 Å². The van der Waals surface area contributed by atoms with Crippen LogP contribution in [0.25, 0.3) is 0 Å². The van der Waals surface area contributed by atoms with Crippen LogP contribution >= 0.6 is 28.3 Å². The Hall–Kier alpha value is -0.160. The molecule has 0 aliphatic rings. The molecular weight excluding hydrogens is 282 g/mol. The van der Waals surface area contributed by atoms with Crippen LogP contribution in [0.1, 0.15) is 24.4 Å². The second-order valence-corrected chi connectivity index (χ2v) is 4.12. The molecule has 0 spiro atoms. The zero-order valence-electron chi connectivity index (χ0n) is 8.25. The van der Waals surface area contributed by atoms with Gasteiger partial charge in [-0.25, -0.2) is 4.39 Å². The molecule has 0 unspecified atom stereocenters. The van der Waals surface area contributed by atoms with E-state index in [1.807, 2.05) is 0 Å². The maximum atomic E-state index is 13.3. The molecule has 4 N–H and O–H groups in total. The van der Waals surface area contributed by atoms with Crippen LogP contribution in [0.3, 0.4) is 0 Å². The fourth-order valence-electron chi connectivity index (χ4n) is 1.29. The van der Waals surface area contributed by atoms with Gasteiger partial charge in [-0.3, -0.25) is 0 Å². The molecule has 0 saturated heterocycles. The fraction of sp³-hybridized carbons (Fsp3) is 0.400. The summed E-state index contributed by atoms with van der Waals surface area (Å²) in [5.74, 6) is -0.252. The lowest BCUT2D eigenvalue weighted by Crippen LogP contribution is -2.14. The zero-order chi connectivity index (χ0) is 10.6. The molecule has 0 fully saturated rings. The van der Waals surface area contributed by atoms with Crippen LogP contribution in [-0.4, -0.2) is 6.54 Å². The van der Waals surface area contributed by atoms with Crippen molar-refractivity contribution in [2.24, 2.45) is 11.5 Å². The van der Waals surface area contributed by atoms with Crippen LogP contribution in [0.5, 0.6) is 0 Å². The highest BCUT2D eigenvalue weighted by atomic mass is 79.9. The van der Waals surface area contributed by atoms with Gasteiger partial charge in [-0.05, 0) is 37.6 Å². The first kappa shape index (κ1) is 14.8. The average Bonchev–Trinajstić information content (AvgIpc) is 2.18. The molecule has 0 saturated carbocycles. The lowest BCUT2D eigenvalue weighted by molar-refractivity contribution is 0.553. The van der Waals surface area contributed by atoms with Gasteiger partial charge in [0.25, 0.3) is 0 Å². The molecule has 2 nitrogen and oxygen atoms in total. The van der Waals surface area contributed by atoms with Crippen molar-refractivity contribution in [3.8, 4) is 0 Å². The van der Waals surface area contributed by atoms with Crippen LogP contribution in [0.4, 0.5) is 4.39 Å². The first-order chi connectivity index (χ1) is 6.65. The van der Waals surface area contributed by atoms with E-state index in [0.29, 0.717) is 18.5 Å². The molecule has 5 heteroatoms. The minimum atomic E-state index is -0.268. The summed E-state index contributed by atoms with van der Waals surface area (Å²) in [6.45, 7) is 0.587. The van der Waals surface area contributed by atoms with E-state index in [-0.39, 0.29) is 24.3 Å². The third-order valence-electron chi connectivity index (χ3n) is 2.08. The number of benzene rings is 1. The van der Waals surface area contributed by atoms with Crippen molar-refractivity contribution < 1.29 is 4.39 Å². The Morgan fingerprint density at radius 1 is 1.40 bits per heavy atom. The van der Waals surface area contributed by atoms with Gasteiger partial charge >= 0.3 is 0 Å². The topological polar surface area (TPSA) is 52.0 Å². The molecule has 1 atom stereocenters. The molecule has 0 heterocycles. The van der Waals surface area contributed by atoms with E-state index in [1.54, 1.807) is 12.1 Å². The molecule has 0 aliphatic heterocycles. The van der Waals surface area contributed by atoms with Gasteiger partial charge in [0.1, 0.15) is 5.82 Å². The van der Waals surface area contributed by atoms with E-state index < -0.39 is 0 Å². The van der Waals surface area contributed by atoms with E-state index in [4.69, 9.17) is 11.5 Å². The predicted molar refractivity (Wildman–Crippen MR) is 66.6 cm³/mol.